The van der Waals surface area contributed by atoms with E-state index < -0.39 is 11.6 Å². The summed E-state index contributed by atoms with van der Waals surface area (Å²) < 4.78 is 35.6. The van der Waals surface area contributed by atoms with E-state index >= 15 is 0 Å². The van der Waals surface area contributed by atoms with Crippen LogP contribution in [0.1, 0.15) is 29.3 Å². The Morgan fingerprint density at radius 3 is 2.63 bits per heavy atom. The number of imidazole rings is 1. The van der Waals surface area contributed by atoms with Crippen molar-refractivity contribution in [3.63, 3.8) is 0 Å². The summed E-state index contributed by atoms with van der Waals surface area (Å²) in [7, 11) is 1.27. The number of hydrogen-bond donors (Lipinski definition) is 3. The van der Waals surface area contributed by atoms with E-state index in [2.05, 4.69) is 30.8 Å². The van der Waals surface area contributed by atoms with E-state index in [1.807, 2.05) is 13.0 Å². The first-order valence-electron chi connectivity index (χ1n) is 13.4. The SMILES string of the molecule is CCc1cc(Nc2nccn3c(-c4ccc(OC)c(F)c4F)cnc23)ccc1C(=O)NCC(=O)NCCN1CCC1. The fourth-order valence-electron chi connectivity index (χ4n) is 4.69. The second kappa shape index (κ2) is 12.3. The minimum absolute atomic E-state index is 0.0291. The number of ether oxygens (including phenoxy) is 1. The van der Waals surface area contributed by atoms with Crippen molar-refractivity contribution in [1.82, 2.24) is 29.9 Å². The highest BCUT2D eigenvalue weighted by Crippen LogP contribution is 2.31. The van der Waals surface area contributed by atoms with Crippen molar-refractivity contribution >= 4 is 29.0 Å². The van der Waals surface area contributed by atoms with Gasteiger partial charge in [0.1, 0.15) is 0 Å². The van der Waals surface area contributed by atoms with Crippen LogP contribution in [0.4, 0.5) is 20.3 Å². The Kier molecular flexibility index (Phi) is 8.39. The third kappa shape index (κ3) is 5.97. The predicted molar refractivity (Wildman–Crippen MR) is 150 cm³/mol. The zero-order chi connectivity index (χ0) is 28.9. The topological polar surface area (TPSA) is 113 Å². The predicted octanol–water partition coefficient (Wildman–Crippen LogP) is 3.54. The Morgan fingerprint density at radius 2 is 1.90 bits per heavy atom. The lowest BCUT2D eigenvalue weighted by Gasteiger charge is -2.30. The molecule has 3 heterocycles. The van der Waals surface area contributed by atoms with Crippen LogP contribution in [0, 0.1) is 11.6 Å². The molecule has 0 atom stereocenters. The van der Waals surface area contributed by atoms with Crippen molar-refractivity contribution in [2.24, 2.45) is 0 Å². The van der Waals surface area contributed by atoms with E-state index in [0.717, 1.165) is 25.2 Å². The number of aromatic nitrogens is 3. The zero-order valence-electron chi connectivity index (χ0n) is 22.8. The van der Waals surface area contributed by atoms with Gasteiger partial charge in [-0.25, -0.2) is 14.4 Å². The molecule has 2 aromatic carbocycles. The first-order valence-corrected chi connectivity index (χ1v) is 13.4. The van der Waals surface area contributed by atoms with Crippen LogP contribution in [0.3, 0.4) is 0 Å². The molecule has 1 aliphatic heterocycles. The van der Waals surface area contributed by atoms with Gasteiger partial charge in [-0.15, -0.1) is 0 Å². The molecule has 41 heavy (non-hydrogen) atoms. The van der Waals surface area contributed by atoms with E-state index in [4.69, 9.17) is 4.74 Å². The first kappa shape index (κ1) is 28.0. The molecule has 0 aliphatic carbocycles. The molecule has 0 spiro atoms. The summed E-state index contributed by atoms with van der Waals surface area (Å²) in [4.78, 5) is 36.0. The van der Waals surface area contributed by atoms with E-state index in [0.29, 0.717) is 41.4 Å². The lowest BCUT2D eigenvalue weighted by molar-refractivity contribution is -0.120. The summed E-state index contributed by atoms with van der Waals surface area (Å²) >= 11 is 0. The van der Waals surface area contributed by atoms with Crippen molar-refractivity contribution in [1.29, 1.82) is 0 Å². The smallest absolute Gasteiger partial charge is 0.251 e. The molecule has 2 amide bonds. The molecular weight excluding hydrogens is 532 g/mol. The van der Waals surface area contributed by atoms with Gasteiger partial charge in [-0.2, -0.15) is 4.39 Å². The molecule has 1 saturated heterocycles. The van der Waals surface area contributed by atoms with Gasteiger partial charge in [-0.3, -0.25) is 14.0 Å². The summed E-state index contributed by atoms with van der Waals surface area (Å²) in [6.45, 7) is 5.33. The van der Waals surface area contributed by atoms with Crippen molar-refractivity contribution in [2.75, 3.05) is 45.2 Å². The maximum Gasteiger partial charge on any atom is 0.251 e. The lowest BCUT2D eigenvalue weighted by Crippen LogP contribution is -2.44. The van der Waals surface area contributed by atoms with Gasteiger partial charge in [0.2, 0.25) is 11.7 Å². The van der Waals surface area contributed by atoms with Gasteiger partial charge >= 0.3 is 0 Å². The maximum absolute atomic E-state index is 14.8. The molecule has 214 valence electrons. The number of halogens is 2. The van der Waals surface area contributed by atoms with E-state index in [1.165, 1.54) is 38.1 Å². The largest absolute Gasteiger partial charge is 0.494 e. The fourth-order valence-corrected chi connectivity index (χ4v) is 4.69. The minimum atomic E-state index is -1.08. The molecule has 5 rings (SSSR count). The second-order valence-electron chi connectivity index (χ2n) is 9.63. The standard InChI is InChI=1S/C29H31F2N7O3/c1-3-18-15-19(5-6-20(18)29(40)35-17-24(39)32-9-13-37-11-4-12-37)36-27-28-34-16-22(38(28)14-10-33-27)21-7-8-23(41-2)26(31)25(21)30/h5-8,10,14-16H,3-4,9,11-13,17H2,1-2H3,(H,32,39)(H,33,36)(H,35,40). The third-order valence-electron chi connectivity index (χ3n) is 7.07. The summed E-state index contributed by atoms with van der Waals surface area (Å²) in [6, 6.07) is 8.04. The number of carbonyl (C=O) groups is 2. The Hall–Kier alpha value is -4.58. The van der Waals surface area contributed by atoms with Crippen molar-refractivity contribution < 1.29 is 23.1 Å². The van der Waals surface area contributed by atoms with Crippen LogP contribution in [0.5, 0.6) is 5.75 Å². The number of carbonyl (C=O) groups excluding carboxylic acids is 2. The van der Waals surface area contributed by atoms with Crippen LogP contribution in [-0.2, 0) is 11.2 Å². The number of amides is 2. The lowest BCUT2D eigenvalue weighted by atomic mass is 10.0. The molecule has 0 bridgehead atoms. The number of hydrogen-bond acceptors (Lipinski definition) is 7. The molecule has 1 aliphatic rings. The van der Waals surface area contributed by atoms with Crippen molar-refractivity contribution in [3.8, 4) is 17.0 Å². The Bertz CT molecular complexity index is 1590. The van der Waals surface area contributed by atoms with Crippen LogP contribution in [0.15, 0.2) is 48.9 Å². The normalized spacial score (nSPS) is 13.1. The number of aryl methyl sites for hydroxylation is 1. The maximum atomic E-state index is 14.8. The van der Waals surface area contributed by atoms with E-state index in [1.54, 1.807) is 22.7 Å². The van der Waals surface area contributed by atoms with Crippen LogP contribution in [0.25, 0.3) is 16.9 Å². The van der Waals surface area contributed by atoms with Crippen LogP contribution >= 0.6 is 0 Å². The monoisotopic (exact) mass is 563 g/mol. The number of anilines is 2. The highest BCUT2D eigenvalue weighted by molar-refractivity contribution is 5.98. The molecule has 4 aromatic rings. The Morgan fingerprint density at radius 1 is 1.07 bits per heavy atom. The number of likely N-dealkylation sites (tertiary alicyclic amines) is 1. The molecule has 2 aromatic heterocycles. The number of nitrogens with zero attached hydrogens (tertiary/aromatic N) is 4. The van der Waals surface area contributed by atoms with Crippen LogP contribution < -0.4 is 20.7 Å². The molecule has 10 nitrogen and oxygen atoms in total. The van der Waals surface area contributed by atoms with Gasteiger partial charge in [0.25, 0.3) is 5.91 Å². The van der Waals surface area contributed by atoms with Gasteiger partial charge in [-0.1, -0.05) is 6.92 Å². The number of methoxy groups -OCH3 is 1. The zero-order valence-corrected chi connectivity index (χ0v) is 22.8. The fraction of sp³-hybridized carbons (Fsp3) is 0.310. The van der Waals surface area contributed by atoms with Gasteiger partial charge in [0.15, 0.2) is 23.0 Å². The summed E-state index contributed by atoms with van der Waals surface area (Å²) in [6.07, 6.45) is 6.35. The molecule has 0 unspecified atom stereocenters. The summed E-state index contributed by atoms with van der Waals surface area (Å²) in [5, 5.41) is 8.72. The van der Waals surface area contributed by atoms with Crippen LogP contribution in [0.2, 0.25) is 0 Å². The number of benzene rings is 2. The van der Waals surface area contributed by atoms with E-state index in [9.17, 15) is 18.4 Å². The van der Waals surface area contributed by atoms with Gasteiger partial charge in [0.05, 0.1) is 25.5 Å². The average Bonchev–Trinajstić information content (AvgIpc) is 3.39. The van der Waals surface area contributed by atoms with Gasteiger partial charge in [-0.05, 0) is 61.8 Å². The quantitative estimate of drug-likeness (QED) is 0.256. The number of nitrogens with one attached hydrogen (secondary N) is 3. The third-order valence-corrected chi connectivity index (χ3v) is 7.07. The molecule has 0 saturated carbocycles. The summed E-state index contributed by atoms with van der Waals surface area (Å²) in [5.41, 5.74) is 2.68. The minimum Gasteiger partial charge on any atom is -0.494 e. The van der Waals surface area contributed by atoms with Crippen LogP contribution in [-0.4, -0.2) is 70.9 Å². The number of fused-ring (bicyclic) bond motifs is 1. The Balaban J connectivity index is 1.28. The van der Waals surface area contributed by atoms with E-state index in [-0.39, 0.29) is 29.7 Å². The highest BCUT2D eigenvalue weighted by atomic mass is 19.2. The molecule has 3 N–H and O–H groups in total. The summed E-state index contributed by atoms with van der Waals surface area (Å²) in [5.74, 6) is -2.48. The number of rotatable bonds is 11. The molecule has 1 fully saturated rings. The molecular formula is C29H31F2N7O3. The second-order valence-corrected chi connectivity index (χ2v) is 9.63. The van der Waals surface area contributed by atoms with Crippen molar-refractivity contribution in [2.45, 2.75) is 19.8 Å². The molecule has 0 radical (unpaired) electrons. The first-order chi connectivity index (χ1) is 19.9. The van der Waals surface area contributed by atoms with Crippen molar-refractivity contribution in [3.05, 3.63) is 71.7 Å². The van der Waals surface area contributed by atoms with Gasteiger partial charge in [0, 0.05) is 42.3 Å². The van der Waals surface area contributed by atoms with Gasteiger partial charge < -0.3 is 25.6 Å². The average molecular weight is 564 g/mol. The molecule has 12 heteroatoms. The Labute approximate surface area is 235 Å². The highest BCUT2D eigenvalue weighted by Gasteiger charge is 2.20.